The van der Waals surface area contributed by atoms with Crippen LogP contribution in [0.25, 0.3) is 0 Å². The van der Waals surface area contributed by atoms with Crippen molar-refractivity contribution in [1.82, 2.24) is 0 Å². The fourth-order valence-electron chi connectivity index (χ4n) is 0.977. The molecule has 2 N–H and O–H groups in total. The van der Waals surface area contributed by atoms with Crippen LogP contribution in [0.3, 0.4) is 0 Å². The Hall–Kier alpha value is -1.06. The Labute approximate surface area is 91.9 Å². The fourth-order valence-corrected chi connectivity index (χ4v) is 0.977. The lowest BCUT2D eigenvalue weighted by Gasteiger charge is -2.18. The molecule has 0 radical (unpaired) electrons. The average Bonchev–Trinajstić information content (AvgIpc) is 2.08. The first-order valence-electron chi connectivity index (χ1n) is 5.36. The van der Waals surface area contributed by atoms with Gasteiger partial charge in [0, 0.05) is 6.42 Å². The summed E-state index contributed by atoms with van der Waals surface area (Å²) >= 11 is 0. The van der Waals surface area contributed by atoms with Crippen molar-refractivity contribution in [2.75, 3.05) is 6.54 Å². The highest BCUT2D eigenvalue weighted by Gasteiger charge is 2.15. The number of nitrogens with zero attached hydrogens (tertiary/aromatic N) is 1. The number of carbonyl (C=O) groups excluding carboxylic acids is 1. The molecule has 0 bridgehead atoms. The smallest absolute Gasteiger partial charge is 0.328 e. The molecule has 4 nitrogen and oxygen atoms in total. The molecular weight excluding hydrogens is 192 g/mol. The van der Waals surface area contributed by atoms with Crippen LogP contribution < -0.4 is 5.73 Å². The maximum Gasteiger partial charge on any atom is 0.328 e. The van der Waals surface area contributed by atoms with Gasteiger partial charge in [-0.2, -0.15) is 0 Å². The molecule has 0 aliphatic rings. The predicted octanol–water partition coefficient (Wildman–Crippen LogP) is 1.88. The van der Waals surface area contributed by atoms with Gasteiger partial charge in [-0.05, 0) is 27.2 Å². The number of carbonyl (C=O) groups is 1. The summed E-state index contributed by atoms with van der Waals surface area (Å²) in [7, 11) is 0. The van der Waals surface area contributed by atoms with Crippen molar-refractivity contribution in [3.05, 3.63) is 0 Å². The van der Waals surface area contributed by atoms with Crippen LogP contribution in [-0.2, 0) is 9.53 Å². The third-order valence-corrected chi connectivity index (χ3v) is 1.62. The molecule has 0 aliphatic heterocycles. The molecule has 0 aromatic rings. The zero-order valence-electron chi connectivity index (χ0n) is 10.2. The van der Waals surface area contributed by atoms with Crippen molar-refractivity contribution in [1.29, 1.82) is 0 Å². The van der Waals surface area contributed by atoms with Crippen LogP contribution in [0, 0.1) is 0 Å². The lowest BCUT2D eigenvalue weighted by Crippen LogP contribution is -2.26. The Morgan fingerprint density at radius 1 is 1.40 bits per heavy atom. The number of esters is 1. The van der Waals surface area contributed by atoms with Gasteiger partial charge in [0.15, 0.2) is 0 Å². The summed E-state index contributed by atoms with van der Waals surface area (Å²) in [6.45, 7) is 7.59. The van der Waals surface area contributed by atoms with Gasteiger partial charge < -0.3 is 10.5 Å². The summed E-state index contributed by atoms with van der Waals surface area (Å²) in [5.41, 5.74) is 5.16. The van der Waals surface area contributed by atoms with Gasteiger partial charge in [-0.15, -0.1) is 0 Å². The summed E-state index contributed by atoms with van der Waals surface area (Å²) in [6.07, 6.45) is 2.83. The number of rotatable bonds is 5. The van der Waals surface area contributed by atoms with Crippen LogP contribution in [0.15, 0.2) is 4.99 Å². The van der Waals surface area contributed by atoms with Crippen LogP contribution in [0.2, 0.25) is 0 Å². The zero-order chi connectivity index (χ0) is 11.9. The number of ether oxygens (including phenoxy) is 1. The molecule has 4 heteroatoms. The Morgan fingerprint density at radius 3 is 2.47 bits per heavy atom. The molecule has 0 saturated heterocycles. The first-order chi connectivity index (χ1) is 6.85. The van der Waals surface area contributed by atoms with Gasteiger partial charge in [0.2, 0.25) is 0 Å². The van der Waals surface area contributed by atoms with E-state index in [-0.39, 0.29) is 12.5 Å². The first-order valence-corrected chi connectivity index (χ1v) is 5.36. The van der Waals surface area contributed by atoms with Gasteiger partial charge in [0.1, 0.15) is 12.1 Å². The summed E-state index contributed by atoms with van der Waals surface area (Å²) in [6, 6.07) is 0. The van der Waals surface area contributed by atoms with Gasteiger partial charge >= 0.3 is 5.97 Å². The highest BCUT2D eigenvalue weighted by atomic mass is 16.6. The van der Waals surface area contributed by atoms with E-state index in [0.29, 0.717) is 5.84 Å². The van der Waals surface area contributed by atoms with E-state index in [9.17, 15) is 4.79 Å². The van der Waals surface area contributed by atoms with Crippen LogP contribution in [-0.4, -0.2) is 24.0 Å². The Bertz CT molecular complexity index is 229. The third kappa shape index (κ3) is 9.25. The van der Waals surface area contributed by atoms with Crippen molar-refractivity contribution < 1.29 is 9.53 Å². The Kier molecular flexibility index (Phi) is 5.97. The maximum atomic E-state index is 11.3. The quantitative estimate of drug-likeness (QED) is 0.431. The van der Waals surface area contributed by atoms with E-state index >= 15 is 0 Å². The number of amidine groups is 1. The minimum atomic E-state index is -0.454. The molecular formula is C11H22N2O2. The molecule has 0 rings (SSSR count). The van der Waals surface area contributed by atoms with Crippen molar-refractivity contribution >= 4 is 11.8 Å². The molecule has 15 heavy (non-hydrogen) atoms. The average molecular weight is 214 g/mol. The molecule has 88 valence electrons. The lowest BCUT2D eigenvalue weighted by atomic mass is 10.2. The summed E-state index contributed by atoms with van der Waals surface area (Å²) in [5, 5.41) is 0. The van der Waals surface area contributed by atoms with Crippen LogP contribution in [0.4, 0.5) is 0 Å². The molecule has 0 aromatic heterocycles. The second-order valence-corrected chi connectivity index (χ2v) is 4.50. The van der Waals surface area contributed by atoms with E-state index in [1.165, 1.54) is 0 Å². The molecule has 0 aliphatic carbocycles. The molecule has 0 amide bonds. The molecule has 0 atom stereocenters. The van der Waals surface area contributed by atoms with Crippen LogP contribution in [0.1, 0.15) is 47.0 Å². The van der Waals surface area contributed by atoms with Gasteiger partial charge in [0.25, 0.3) is 0 Å². The minimum absolute atomic E-state index is 0.0207. The van der Waals surface area contributed by atoms with E-state index in [0.717, 1.165) is 19.3 Å². The zero-order valence-corrected chi connectivity index (χ0v) is 10.2. The highest BCUT2D eigenvalue weighted by molar-refractivity contribution is 5.83. The van der Waals surface area contributed by atoms with Gasteiger partial charge in [0.05, 0.1) is 5.84 Å². The lowest BCUT2D eigenvalue weighted by molar-refractivity contribution is -0.152. The number of nitrogens with two attached hydrogens (primary N) is 1. The monoisotopic (exact) mass is 214 g/mol. The van der Waals surface area contributed by atoms with Crippen molar-refractivity contribution in [3.63, 3.8) is 0 Å². The van der Waals surface area contributed by atoms with Gasteiger partial charge in [-0.1, -0.05) is 13.3 Å². The number of unbranched alkanes of at least 4 members (excludes halogenated alkanes) is 1. The van der Waals surface area contributed by atoms with Crippen LogP contribution >= 0.6 is 0 Å². The maximum absolute atomic E-state index is 11.3. The molecule has 0 fully saturated rings. The van der Waals surface area contributed by atoms with Crippen molar-refractivity contribution in [2.24, 2.45) is 10.7 Å². The summed E-state index contributed by atoms with van der Waals surface area (Å²) in [5.74, 6) is 0.199. The van der Waals surface area contributed by atoms with E-state index in [2.05, 4.69) is 11.9 Å². The highest BCUT2D eigenvalue weighted by Crippen LogP contribution is 2.06. The molecule has 0 heterocycles. The van der Waals surface area contributed by atoms with Gasteiger partial charge in [-0.3, -0.25) is 9.79 Å². The normalized spacial score (nSPS) is 12.7. The van der Waals surface area contributed by atoms with E-state index < -0.39 is 5.60 Å². The molecule has 0 spiro atoms. The number of aliphatic imine (C=N–C) groups is 1. The number of hydrogen-bond acceptors (Lipinski definition) is 3. The topological polar surface area (TPSA) is 64.7 Å². The second-order valence-electron chi connectivity index (χ2n) is 4.50. The summed E-state index contributed by atoms with van der Waals surface area (Å²) < 4.78 is 5.09. The molecule has 0 saturated carbocycles. The Morgan fingerprint density at radius 2 is 2.00 bits per heavy atom. The summed E-state index contributed by atoms with van der Waals surface area (Å²) in [4.78, 5) is 15.2. The molecule has 0 aromatic carbocycles. The Balaban J connectivity index is 3.88. The minimum Gasteiger partial charge on any atom is -0.459 e. The largest absolute Gasteiger partial charge is 0.459 e. The SMILES string of the molecule is CCCCC(N)=NCC(=O)OC(C)(C)C. The third-order valence-electron chi connectivity index (χ3n) is 1.62. The van der Waals surface area contributed by atoms with Crippen molar-refractivity contribution in [3.8, 4) is 0 Å². The fraction of sp³-hybridized carbons (Fsp3) is 0.818. The predicted molar refractivity (Wildman–Crippen MR) is 61.9 cm³/mol. The van der Waals surface area contributed by atoms with E-state index in [4.69, 9.17) is 10.5 Å². The van der Waals surface area contributed by atoms with Gasteiger partial charge in [-0.25, -0.2) is 0 Å². The van der Waals surface area contributed by atoms with E-state index in [1.54, 1.807) is 0 Å². The molecule has 0 unspecified atom stereocenters. The second kappa shape index (κ2) is 6.43. The first kappa shape index (κ1) is 13.9. The van der Waals surface area contributed by atoms with Crippen LogP contribution in [0.5, 0.6) is 0 Å². The van der Waals surface area contributed by atoms with E-state index in [1.807, 2.05) is 20.8 Å². The van der Waals surface area contributed by atoms with Crippen molar-refractivity contribution in [2.45, 2.75) is 52.6 Å². The number of hydrogen-bond donors (Lipinski definition) is 1. The standard InChI is InChI=1S/C11H22N2O2/c1-5-6-7-9(12)13-8-10(14)15-11(2,3)4/h5-8H2,1-4H3,(H2,12,13).